The fraction of sp³-hybridized carbons (Fsp3) is 0.250. The molecular weight excluding hydrogens is 621 g/mol. The molecule has 0 bridgehead atoms. The number of benzene rings is 3. The number of hydrazine groups is 1. The first kappa shape index (κ1) is 31.0. The van der Waals surface area contributed by atoms with Gasteiger partial charge in [-0.1, -0.05) is 30.3 Å². The molecule has 10 nitrogen and oxygen atoms in total. The second-order valence-corrected chi connectivity index (χ2v) is 11.9. The Bertz CT molecular complexity index is 1820. The van der Waals surface area contributed by atoms with E-state index in [9.17, 15) is 32.7 Å². The van der Waals surface area contributed by atoms with Crippen LogP contribution in [0.5, 0.6) is 5.75 Å². The Morgan fingerprint density at radius 2 is 1.78 bits per heavy atom. The zero-order valence-corrected chi connectivity index (χ0v) is 25.2. The van der Waals surface area contributed by atoms with Crippen LogP contribution in [0.25, 0.3) is 10.2 Å². The summed E-state index contributed by atoms with van der Waals surface area (Å²) in [6, 6.07) is 10.8. The molecule has 2 aliphatic rings. The lowest BCUT2D eigenvalue weighted by molar-refractivity contribution is -0.189. The number of hydrogen-bond acceptors (Lipinski definition) is 7. The molecule has 14 heteroatoms. The summed E-state index contributed by atoms with van der Waals surface area (Å²) in [7, 11) is 0. The van der Waals surface area contributed by atoms with Crippen molar-refractivity contribution >= 4 is 39.4 Å². The fourth-order valence-corrected chi connectivity index (χ4v) is 6.65. The van der Waals surface area contributed by atoms with Crippen LogP contribution in [0.1, 0.15) is 16.7 Å². The van der Waals surface area contributed by atoms with Gasteiger partial charge in [0.1, 0.15) is 23.8 Å². The molecule has 2 N–H and O–H groups in total. The fourth-order valence-electron chi connectivity index (χ4n) is 5.91. The second kappa shape index (κ2) is 12.8. The van der Waals surface area contributed by atoms with Gasteiger partial charge in [0.05, 0.1) is 28.8 Å². The minimum Gasteiger partial charge on any atom is -0.508 e. The largest absolute Gasteiger partial charge is 0.508 e. The molecule has 6 rings (SSSR count). The van der Waals surface area contributed by atoms with Gasteiger partial charge in [0.25, 0.3) is 0 Å². The number of halogens is 3. The minimum atomic E-state index is -1.05. The number of carbonyl (C=O) groups is 3. The lowest BCUT2D eigenvalue weighted by atomic mass is 9.98. The van der Waals surface area contributed by atoms with Gasteiger partial charge >= 0.3 is 6.03 Å². The molecule has 3 aromatic carbocycles. The van der Waals surface area contributed by atoms with Gasteiger partial charge in [0.2, 0.25) is 11.8 Å². The van der Waals surface area contributed by atoms with Crippen molar-refractivity contribution in [3.8, 4) is 5.75 Å². The van der Waals surface area contributed by atoms with Crippen LogP contribution >= 0.6 is 11.3 Å². The predicted molar refractivity (Wildman–Crippen MR) is 163 cm³/mol. The number of fused-ring (bicyclic) bond motifs is 2. The average Bonchev–Trinajstić information content (AvgIpc) is 3.54. The van der Waals surface area contributed by atoms with Gasteiger partial charge < -0.3 is 20.2 Å². The number of piperazine rings is 1. The lowest BCUT2D eigenvalue weighted by Gasteiger charge is -2.55. The molecule has 4 aromatic rings. The monoisotopic (exact) mass is 650 g/mol. The summed E-state index contributed by atoms with van der Waals surface area (Å²) in [5, 5.41) is 15.4. The Labute approximate surface area is 265 Å². The van der Waals surface area contributed by atoms with Gasteiger partial charge in [-0.05, 0) is 47.0 Å². The van der Waals surface area contributed by atoms with E-state index in [2.05, 4.69) is 16.9 Å². The molecule has 3 heterocycles. The standard InChI is InChI=1S/C32H29F3N6O4S/c1-2-11-39-17-28(43)40-26(13-19-3-7-22(42)8-4-19)31(44)38(15-21-6-10-24(34)30-29(21)37-18-46-30)16-27(40)41(39)32(45)36-14-20-5-9-23(33)25(35)12-20/h2-10,12,18,26-27,42H,1,11,13-17H2,(H,36,45)/t26-,27-/m0/s1. The SMILES string of the molecule is C=CCN1CC(=O)N2[C@@H](Cc3ccc(O)cc3)C(=O)N(Cc3ccc(F)c4scnc34)C[C@@H]2N1C(=O)NCc1ccc(F)c(F)c1. The molecule has 2 atom stereocenters. The number of phenols is 1. The molecule has 46 heavy (non-hydrogen) atoms. The molecule has 0 unspecified atom stereocenters. The number of nitrogens with one attached hydrogen (secondary N) is 1. The normalized spacial score (nSPS) is 18.6. The van der Waals surface area contributed by atoms with Crippen LogP contribution < -0.4 is 5.32 Å². The third-order valence-corrected chi connectivity index (χ3v) is 8.89. The van der Waals surface area contributed by atoms with E-state index in [1.807, 2.05) is 0 Å². The number of phenolic OH excluding ortho intramolecular Hbond substituents is 1. The van der Waals surface area contributed by atoms with Crippen molar-refractivity contribution in [3.63, 3.8) is 0 Å². The van der Waals surface area contributed by atoms with Crippen LogP contribution in [0.15, 0.2) is 72.8 Å². The van der Waals surface area contributed by atoms with Crippen molar-refractivity contribution in [2.45, 2.75) is 31.7 Å². The van der Waals surface area contributed by atoms with E-state index in [0.29, 0.717) is 26.9 Å². The predicted octanol–water partition coefficient (Wildman–Crippen LogP) is 4.16. The van der Waals surface area contributed by atoms with Gasteiger partial charge in [-0.2, -0.15) is 0 Å². The minimum absolute atomic E-state index is 0.0374. The highest BCUT2D eigenvalue weighted by atomic mass is 32.1. The molecule has 1 aromatic heterocycles. The van der Waals surface area contributed by atoms with Crippen molar-refractivity contribution in [3.05, 3.63) is 107 Å². The van der Waals surface area contributed by atoms with Crippen molar-refractivity contribution in [2.24, 2.45) is 0 Å². The van der Waals surface area contributed by atoms with Crippen LogP contribution in [-0.4, -0.2) is 79.6 Å². The summed E-state index contributed by atoms with van der Waals surface area (Å²) in [6.45, 7) is 3.49. The number of carbonyl (C=O) groups excluding carboxylic acids is 3. The molecule has 2 saturated heterocycles. The van der Waals surface area contributed by atoms with Gasteiger partial charge in [0, 0.05) is 26.1 Å². The Kier molecular flexibility index (Phi) is 8.65. The highest BCUT2D eigenvalue weighted by molar-refractivity contribution is 7.16. The van der Waals surface area contributed by atoms with Crippen molar-refractivity contribution < 1.29 is 32.7 Å². The van der Waals surface area contributed by atoms with Crippen molar-refractivity contribution in [1.29, 1.82) is 0 Å². The number of thiazole rings is 1. The zero-order valence-electron chi connectivity index (χ0n) is 24.4. The zero-order chi connectivity index (χ0) is 32.5. The summed E-state index contributed by atoms with van der Waals surface area (Å²) in [5.41, 5.74) is 3.54. The molecule has 0 aliphatic carbocycles. The number of urea groups is 1. The molecule has 0 spiro atoms. The first-order valence-corrected chi connectivity index (χ1v) is 15.3. The van der Waals surface area contributed by atoms with Crippen LogP contribution in [-0.2, 0) is 29.1 Å². The van der Waals surface area contributed by atoms with Crippen LogP contribution in [0.4, 0.5) is 18.0 Å². The van der Waals surface area contributed by atoms with Crippen molar-refractivity contribution in [1.82, 2.24) is 30.1 Å². The molecule has 2 aliphatic heterocycles. The number of aromatic hydroxyl groups is 1. The third kappa shape index (κ3) is 6.00. The number of hydrogen-bond donors (Lipinski definition) is 2. The first-order valence-electron chi connectivity index (χ1n) is 14.4. The summed E-state index contributed by atoms with van der Waals surface area (Å²) >= 11 is 1.14. The Balaban J connectivity index is 1.36. The van der Waals surface area contributed by atoms with Crippen molar-refractivity contribution in [2.75, 3.05) is 19.6 Å². The van der Waals surface area contributed by atoms with Crippen LogP contribution in [0.2, 0.25) is 0 Å². The number of rotatable bonds is 8. The van der Waals surface area contributed by atoms with E-state index in [-0.39, 0.29) is 56.7 Å². The maximum Gasteiger partial charge on any atom is 0.334 e. The van der Waals surface area contributed by atoms with Gasteiger partial charge in [-0.3, -0.25) is 9.59 Å². The summed E-state index contributed by atoms with van der Waals surface area (Å²) in [5.74, 6) is -3.20. The Morgan fingerprint density at radius 1 is 1.04 bits per heavy atom. The van der Waals surface area contributed by atoms with Crippen LogP contribution in [0, 0.1) is 17.5 Å². The quantitative estimate of drug-likeness (QED) is 0.278. The second-order valence-electron chi connectivity index (χ2n) is 11.0. The van der Waals surface area contributed by atoms with Gasteiger partial charge in [-0.15, -0.1) is 17.9 Å². The molecule has 2 fully saturated rings. The van der Waals surface area contributed by atoms with E-state index < -0.39 is 35.7 Å². The van der Waals surface area contributed by atoms with E-state index in [4.69, 9.17) is 0 Å². The maximum absolute atomic E-state index is 14.5. The van der Waals surface area contributed by atoms with Gasteiger partial charge in [-0.25, -0.2) is 33.0 Å². The highest BCUT2D eigenvalue weighted by Crippen LogP contribution is 2.31. The number of amides is 4. The summed E-state index contributed by atoms with van der Waals surface area (Å²) in [4.78, 5) is 49.0. The molecule has 0 radical (unpaired) electrons. The summed E-state index contributed by atoms with van der Waals surface area (Å²) < 4.78 is 42.2. The number of aromatic nitrogens is 1. The molecule has 4 amide bonds. The highest BCUT2D eigenvalue weighted by Gasteiger charge is 2.51. The smallest absolute Gasteiger partial charge is 0.334 e. The summed E-state index contributed by atoms with van der Waals surface area (Å²) in [6.07, 6.45) is 0.673. The molecular formula is C32H29F3N6O4S. The first-order chi connectivity index (χ1) is 22.1. The van der Waals surface area contributed by atoms with E-state index in [1.165, 1.54) is 55.7 Å². The third-order valence-electron chi connectivity index (χ3n) is 8.05. The van der Waals surface area contributed by atoms with Crippen LogP contribution in [0.3, 0.4) is 0 Å². The Morgan fingerprint density at radius 3 is 2.52 bits per heavy atom. The van der Waals surface area contributed by atoms with E-state index in [0.717, 1.165) is 23.5 Å². The molecule has 238 valence electrons. The van der Waals surface area contributed by atoms with E-state index in [1.54, 1.807) is 18.2 Å². The Hall–Kier alpha value is -4.95. The lowest BCUT2D eigenvalue weighted by Crippen LogP contribution is -2.76. The topological polar surface area (TPSA) is 109 Å². The average molecular weight is 651 g/mol. The maximum atomic E-state index is 14.5. The number of nitrogens with zero attached hydrogens (tertiary/aromatic N) is 5. The van der Waals surface area contributed by atoms with E-state index >= 15 is 0 Å². The van der Waals surface area contributed by atoms with Gasteiger partial charge in [0.15, 0.2) is 11.6 Å². The molecule has 0 saturated carbocycles.